The molecule has 95 heavy (non-hydrogen) atoms. The third-order valence-corrected chi connectivity index (χ3v) is 16.4. The number of rotatable bonds is 67. The summed E-state index contributed by atoms with van der Waals surface area (Å²) in [7, 11) is -9.80. The zero-order chi connectivity index (χ0) is 69.5. The molecule has 16 nitrogen and oxygen atoms in total. The van der Waals surface area contributed by atoms with Gasteiger partial charge in [0.1, 0.15) is 25.4 Å². The minimum atomic E-state index is -4.94. The van der Waals surface area contributed by atoms with Gasteiger partial charge in [-0.2, -0.15) is 0 Å². The van der Waals surface area contributed by atoms with Crippen molar-refractivity contribution < 1.29 is 75.8 Å². The highest BCUT2D eigenvalue weighted by atomic mass is 31.2. The van der Waals surface area contributed by atoms with Crippen LogP contribution in [0, 0.1) is 0 Å². The SMILES string of the molecule is CC/C=C\C/C=C\C/C=C\C/C=C\C/C=C\C/C=C\CCCCCCCCC(=O)OCC(O)COP(=O)(O)OCC(O)COP(=O)(O)OCC(COC(=O)CCCCCCCCC/C=C\C/C=C\C/C=C\CC)OC(=O)CCCCCCCCC/C=C\C/C=C\C/C=C\CC. The third-order valence-electron chi connectivity index (χ3n) is 14.5. The number of carbonyl (C=O) groups excluding carboxylic acids is 3. The topological polar surface area (TPSA) is 231 Å². The summed E-state index contributed by atoms with van der Waals surface area (Å²) in [5.74, 6) is -1.62. The lowest BCUT2D eigenvalue weighted by Crippen LogP contribution is -2.30. The molecule has 0 aliphatic heterocycles. The number of ether oxygens (including phenoxy) is 3. The summed E-state index contributed by atoms with van der Waals surface area (Å²) in [6.07, 6.45) is 83.1. The molecule has 0 saturated carbocycles. The number of esters is 3. The summed E-state index contributed by atoms with van der Waals surface area (Å²) in [5, 5.41) is 20.6. The van der Waals surface area contributed by atoms with E-state index in [2.05, 4.69) is 167 Å². The van der Waals surface area contributed by atoms with Crippen molar-refractivity contribution in [2.45, 2.75) is 283 Å². The summed E-state index contributed by atoms with van der Waals surface area (Å²) in [6.45, 7) is 2.29. The van der Waals surface area contributed by atoms with Gasteiger partial charge < -0.3 is 34.2 Å². The number of allylic oxidation sites excluding steroid dienone is 24. The summed E-state index contributed by atoms with van der Waals surface area (Å²) >= 11 is 0. The van der Waals surface area contributed by atoms with E-state index in [1.165, 1.54) is 0 Å². The molecule has 0 aliphatic carbocycles. The maximum Gasteiger partial charge on any atom is 0.472 e. The lowest BCUT2D eigenvalue weighted by atomic mass is 10.1. The van der Waals surface area contributed by atoms with Gasteiger partial charge in [-0.15, -0.1) is 0 Å². The van der Waals surface area contributed by atoms with Crippen LogP contribution in [-0.2, 0) is 55.8 Å². The van der Waals surface area contributed by atoms with Crippen LogP contribution in [0.4, 0.5) is 0 Å². The minimum absolute atomic E-state index is 0.0867. The van der Waals surface area contributed by atoms with Crippen molar-refractivity contribution in [1.29, 1.82) is 0 Å². The summed E-state index contributed by atoms with van der Waals surface area (Å²) in [5.41, 5.74) is 0. The fourth-order valence-electron chi connectivity index (χ4n) is 9.13. The lowest BCUT2D eigenvalue weighted by Gasteiger charge is -2.21. The molecule has 4 N–H and O–H groups in total. The Hall–Kier alpha value is -4.57. The largest absolute Gasteiger partial charge is 0.472 e. The van der Waals surface area contributed by atoms with Crippen molar-refractivity contribution in [3.8, 4) is 0 Å². The van der Waals surface area contributed by atoms with E-state index in [1.54, 1.807) is 0 Å². The van der Waals surface area contributed by atoms with Gasteiger partial charge in [0.05, 0.1) is 26.4 Å². The van der Waals surface area contributed by atoms with Gasteiger partial charge in [0.25, 0.3) is 0 Å². The Morgan fingerprint density at radius 1 is 0.295 bits per heavy atom. The Bertz CT molecular complexity index is 2310. The molecular formula is C77H128O16P2. The minimum Gasteiger partial charge on any atom is -0.463 e. The lowest BCUT2D eigenvalue weighted by molar-refractivity contribution is -0.161. The van der Waals surface area contributed by atoms with Crippen molar-refractivity contribution in [2.24, 2.45) is 0 Å². The van der Waals surface area contributed by atoms with E-state index in [0.717, 1.165) is 205 Å². The van der Waals surface area contributed by atoms with Crippen LogP contribution in [0.1, 0.15) is 265 Å². The van der Waals surface area contributed by atoms with Crippen LogP contribution >= 0.6 is 15.6 Å². The molecule has 0 aromatic carbocycles. The molecule has 0 aromatic rings. The van der Waals surface area contributed by atoms with E-state index >= 15 is 0 Å². The molecule has 0 rings (SSSR count). The fraction of sp³-hybridized carbons (Fsp3) is 0.649. The Balaban J connectivity index is 4.65. The monoisotopic (exact) mass is 1370 g/mol. The molecule has 5 unspecified atom stereocenters. The van der Waals surface area contributed by atoms with Crippen molar-refractivity contribution >= 4 is 33.6 Å². The fourth-order valence-corrected chi connectivity index (χ4v) is 10.7. The van der Waals surface area contributed by atoms with Crippen LogP contribution in [-0.4, -0.2) is 95.9 Å². The number of hydrogen-bond donors (Lipinski definition) is 4. The molecule has 0 bridgehead atoms. The number of phosphoric acid groups is 2. The number of carbonyl (C=O) groups is 3. The molecule has 0 amide bonds. The van der Waals surface area contributed by atoms with Crippen molar-refractivity contribution in [1.82, 2.24) is 0 Å². The standard InChI is InChI=1S/C77H128O16P2/c1-4-7-10-13-16-19-22-25-28-31-32-33-34-35-36-37-38-41-43-45-48-51-54-57-60-63-75(80)87-66-72(78)67-89-94(83,84)90-68-73(79)69-91-95(85,86)92-71-74(93-77(82)65-62-59-56-53-50-47-44-40-30-27-24-21-18-15-12-9-6-3)70-88-76(81)64-61-58-55-52-49-46-42-39-29-26-23-20-17-14-11-8-5-2/h7-12,16-21,25-30,32-33,35-36,38,41,72-74,78-79H,4-6,13-15,22-24,31,34,37,39-40,42-71H2,1-3H3,(H,83,84)(H,85,86)/b10-7-,11-8-,12-9-,19-16-,20-17-,21-18-,28-25-,29-26-,30-27-,33-32-,36-35-,41-38-. The van der Waals surface area contributed by atoms with Crippen LogP contribution in [0.2, 0.25) is 0 Å². The van der Waals surface area contributed by atoms with E-state index in [1.807, 2.05) is 0 Å². The van der Waals surface area contributed by atoms with E-state index < -0.39 is 91.5 Å². The number of phosphoric ester groups is 2. The van der Waals surface area contributed by atoms with Gasteiger partial charge in [-0.05, 0) is 135 Å². The maximum absolute atomic E-state index is 13.0. The average Bonchev–Trinajstić information content (AvgIpc) is 1.77. The van der Waals surface area contributed by atoms with Gasteiger partial charge in [-0.3, -0.25) is 32.5 Å². The zero-order valence-corrected chi connectivity index (χ0v) is 60.6. The Morgan fingerprint density at radius 3 is 0.832 bits per heavy atom. The smallest absolute Gasteiger partial charge is 0.463 e. The van der Waals surface area contributed by atoms with Gasteiger partial charge in [0, 0.05) is 19.3 Å². The normalized spacial score (nSPS) is 15.0. The average molecular weight is 1370 g/mol. The molecule has 0 aliphatic rings. The van der Waals surface area contributed by atoms with E-state index in [-0.39, 0.29) is 19.3 Å². The van der Waals surface area contributed by atoms with Crippen LogP contribution in [0.15, 0.2) is 146 Å². The molecule has 0 radical (unpaired) electrons. The summed E-state index contributed by atoms with van der Waals surface area (Å²) in [6, 6.07) is 0. The molecule has 0 heterocycles. The first kappa shape index (κ1) is 90.4. The van der Waals surface area contributed by atoms with E-state index in [4.69, 9.17) is 32.3 Å². The molecule has 0 saturated heterocycles. The van der Waals surface area contributed by atoms with Gasteiger partial charge in [0.15, 0.2) is 6.10 Å². The second kappa shape index (κ2) is 69.3. The van der Waals surface area contributed by atoms with Crippen LogP contribution in [0.25, 0.3) is 0 Å². The second-order valence-corrected chi connectivity index (χ2v) is 26.5. The van der Waals surface area contributed by atoms with Crippen molar-refractivity contribution in [3.63, 3.8) is 0 Å². The molecule has 542 valence electrons. The summed E-state index contributed by atoms with van der Waals surface area (Å²) < 4.78 is 61.0. The van der Waals surface area contributed by atoms with Crippen LogP contribution < -0.4 is 0 Å². The van der Waals surface area contributed by atoms with Gasteiger partial charge in [0.2, 0.25) is 0 Å². The van der Waals surface area contributed by atoms with Crippen LogP contribution in [0.5, 0.6) is 0 Å². The molecule has 0 spiro atoms. The summed E-state index contributed by atoms with van der Waals surface area (Å²) in [4.78, 5) is 58.5. The molecule has 0 aromatic heterocycles. The van der Waals surface area contributed by atoms with Crippen molar-refractivity contribution in [2.75, 3.05) is 39.6 Å². The number of unbranched alkanes of at least 4 members (excludes halogenated alkanes) is 20. The van der Waals surface area contributed by atoms with E-state index in [9.17, 15) is 43.5 Å². The Morgan fingerprint density at radius 2 is 0.526 bits per heavy atom. The Labute approximate surface area is 575 Å². The maximum atomic E-state index is 13.0. The zero-order valence-electron chi connectivity index (χ0n) is 58.8. The van der Waals surface area contributed by atoms with E-state index in [0.29, 0.717) is 19.3 Å². The number of aliphatic hydroxyl groups excluding tert-OH is 2. The van der Waals surface area contributed by atoms with Gasteiger partial charge in [-0.25, -0.2) is 9.13 Å². The quantitative estimate of drug-likeness (QED) is 0.0146. The molecule has 0 fully saturated rings. The first-order valence-electron chi connectivity index (χ1n) is 36.1. The molecule has 18 heteroatoms. The predicted octanol–water partition coefficient (Wildman–Crippen LogP) is 20.5. The molecular weight excluding hydrogens is 1240 g/mol. The highest BCUT2D eigenvalue weighted by molar-refractivity contribution is 7.47. The van der Waals surface area contributed by atoms with Crippen molar-refractivity contribution in [3.05, 3.63) is 146 Å². The number of aliphatic hydroxyl groups is 2. The first-order valence-corrected chi connectivity index (χ1v) is 39.1. The van der Waals surface area contributed by atoms with Gasteiger partial charge >= 0.3 is 33.6 Å². The van der Waals surface area contributed by atoms with Crippen LogP contribution in [0.3, 0.4) is 0 Å². The highest BCUT2D eigenvalue weighted by Gasteiger charge is 2.29. The van der Waals surface area contributed by atoms with Gasteiger partial charge in [-0.1, -0.05) is 256 Å². The Kier molecular flexibility index (Phi) is 66.0. The predicted molar refractivity (Wildman–Crippen MR) is 389 cm³/mol. The highest BCUT2D eigenvalue weighted by Crippen LogP contribution is 2.45. The third kappa shape index (κ3) is 70.6. The second-order valence-electron chi connectivity index (χ2n) is 23.6. The molecule has 5 atom stereocenters. The number of hydrogen-bond acceptors (Lipinski definition) is 14. The first-order chi connectivity index (χ1) is 46.2.